The second-order valence-corrected chi connectivity index (χ2v) is 5.23. The molecule has 2 aromatic rings. The van der Waals surface area contributed by atoms with Gasteiger partial charge in [0.15, 0.2) is 0 Å². The fourth-order valence-corrected chi connectivity index (χ4v) is 2.44. The smallest absolute Gasteiger partial charge is 0.0897 e. The summed E-state index contributed by atoms with van der Waals surface area (Å²) in [5.41, 5.74) is 7.12. The first kappa shape index (κ1) is 11.5. The zero-order valence-corrected chi connectivity index (χ0v) is 10.4. The molecule has 1 unspecified atom stereocenters. The summed E-state index contributed by atoms with van der Waals surface area (Å²) < 4.78 is 0. The molecule has 2 rings (SSSR count). The summed E-state index contributed by atoms with van der Waals surface area (Å²) in [4.78, 5) is 9.23. The fourth-order valence-electron chi connectivity index (χ4n) is 1.46. The lowest BCUT2D eigenvalue weighted by molar-refractivity contribution is 0.734. The number of rotatable bonds is 3. The van der Waals surface area contributed by atoms with Crippen molar-refractivity contribution in [2.45, 2.75) is 19.4 Å². The lowest BCUT2D eigenvalue weighted by Crippen LogP contribution is -2.12. The van der Waals surface area contributed by atoms with Crippen LogP contribution in [0, 0.1) is 6.92 Å². The van der Waals surface area contributed by atoms with Crippen molar-refractivity contribution in [2.24, 2.45) is 5.73 Å². The largest absolute Gasteiger partial charge is 0.323 e. The highest BCUT2D eigenvalue weighted by molar-refractivity contribution is 7.11. The third kappa shape index (κ3) is 2.58. The summed E-state index contributed by atoms with van der Waals surface area (Å²) in [5, 5.41) is 1.70. The van der Waals surface area contributed by atoms with Gasteiger partial charge in [0, 0.05) is 29.5 Å². The number of pyridine rings is 1. The van der Waals surface area contributed by atoms with Crippen LogP contribution in [0.3, 0.4) is 0 Å². The highest BCUT2D eigenvalue weighted by Gasteiger charge is 2.11. The molecule has 84 valence electrons. The standard InChI is InChI=1S/C11H12ClN3S/c1-7-15-6-11(16-7)10(13)4-8-2-3-14-5-9(8)12/h2-3,5-6,10H,4,13H2,1H3. The molecule has 0 saturated carbocycles. The molecule has 0 fully saturated rings. The summed E-state index contributed by atoms with van der Waals surface area (Å²) in [6.45, 7) is 1.97. The van der Waals surface area contributed by atoms with Gasteiger partial charge in [0.25, 0.3) is 0 Å². The van der Waals surface area contributed by atoms with E-state index < -0.39 is 0 Å². The molecule has 5 heteroatoms. The first-order valence-corrected chi connectivity index (χ1v) is 6.12. The summed E-state index contributed by atoms with van der Waals surface area (Å²) in [5.74, 6) is 0. The molecule has 0 bridgehead atoms. The van der Waals surface area contributed by atoms with E-state index in [-0.39, 0.29) is 6.04 Å². The van der Waals surface area contributed by atoms with Crippen molar-refractivity contribution in [3.05, 3.63) is 45.1 Å². The molecule has 2 heterocycles. The minimum Gasteiger partial charge on any atom is -0.323 e. The minimum atomic E-state index is -0.0499. The molecule has 0 aliphatic rings. The van der Waals surface area contributed by atoms with Crippen molar-refractivity contribution >= 4 is 22.9 Å². The molecule has 0 aromatic carbocycles. The molecule has 0 amide bonds. The van der Waals surface area contributed by atoms with E-state index in [9.17, 15) is 0 Å². The third-order valence-corrected chi connectivity index (χ3v) is 3.69. The van der Waals surface area contributed by atoms with Crippen molar-refractivity contribution in [2.75, 3.05) is 0 Å². The van der Waals surface area contributed by atoms with Gasteiger partial charge in [-0.25, -0.2) is 4.98 Å². The molecule has 0 spiro atoms. The van der Waals surface area contributed by atoms with Gasteiger partial charge >= 0.3 is 0 Å². The normalized spacial score (nSPS) is 12.7. The van der Waals surface area contributed by atoms with Gasteiger partial charge in [-0.05, 0) is 25.0 Å². The molecule has 0 saturated heterocycles. The van der Waals surface area contributed by atoms with E-state index in [4.69, 9.17) is 17.3 Å². The number of nitrogens with two attached hydrogens (primary N) is 1. The SMILES string of the molecule is Cc1ncc(C(N)Cc2ccncc2Cl)s1. The molecule has 0 aliphatic heterocycles. The Kier molecular flexibility index (Phi) is 3.53. The van der Waals surface area contributed by atoms with Crippen LogP contribution in [0.4, 0.5) is 0 Å². The van der Waals surface area contributed by atoms with Gasteiger partial charge in [-0.2, -0.15) is 0 Å². The summed E-state index contributed by atoms with van der Waals surface area (Å²) in [7, 11) is 0. The number of hydrogen-bond donors (Lipinski definition) is 1. The van der Waals surface area contributed by atoms with Gasteiger partial charge in [0.2, 0.25) is 0 Å². The first-order valence-electron chi connectivity index (χ1n) is 4.93. The summed E-state index contributed by atoms with van der Waals surface area (Å²) in [6, 6.07) is 1.85. The Morgan fingerprint density at radius 2 is 2.31 bits per heavy atom. The average Bonchev–Trinajstić information content (AvgIpc) is 2.68. The van der Waals surface area contributed by atoms with Gasteiger partial charge < -0.3 is 5.73 Å². The maximum atomic E-state index is 6.10. The molecular formula is C11H12ClN3S. The zero-order chi connectivity index (χ0) is 11.5. The quantitative estimate of drug-likeness (QED) is 0.915. The Hall–Kier alpha value is -0.970. The number of nitrogens with zero attached hydrogens (tertiary/aromatic N) is 2. The maximum Gasteiger partial charge on any atom is 0.0897 e. The van der Waals surface area contributed by atoms with Gasteiger partial charge in [0.1, 0.15) is 0 Å². The van der Waals surface area contributed by atoms with Crippen LogP contribution in [0.15, 0.2) is 24.7 Å². The van der Waals surface area contributed by atoms with Crippen LogP contribution >= 0.6 is 22.9 Å². The van der Waals surface area contributed by atoms with Crippen molar-refractivity contribution in [1.82, 2.24) is 9.97 Å². The average molecular weight is 254 g/mol. The van der Waals surface area contributed by atoms with Crippen molar-refractivity contribution < 1.29 is 0 Å². The predicted molar refractivity (Wildman–Crippen MR) is 66.7 cm³/mol. The van der Waals surface area contributed by atoms with Crippen LogP contribution in [-0.4, -0.2) is 9.97 Å². The van der Waals surface area contributed by atoms with Crippen LogP contribution in [0.1, 0.15) is 21.5 Å². The fraction of sp³-hybridized carbons (Fsp3) is 0.273. The van der Waals surface area contributed by atoms with Crippen molar-refractivity contribution in [3.8, 4) is 0 Å². The van der Waals surface area contributed by atoms with Crippen LogP contribution < -0.4 is 5.73 Å². The van der Waals surface area contributed by atoms with Crippen LogP contribution in [0.25, 0.3) is 0 Å². The molecule has 0 aliphatic carbocycles. The van der Waals surface area contributed by atoms with Crippen molar-refractivity contribution in [3.63, 3.8) is 0 Å². The molecule has 2 N–H and O–H groups in total. The topological polar surface area (TPSA) is 51.8 Å². The Morgan fingerprint density at radius 1 is 1.50 bits per heavy atom. The lowest BCUT2D eigenvalue weighted by atomic mass is 10.1. The van der Waals surface area contributed by atoms with Gasteiger partial charge in [-0.15, -0.1) is 11.3 Å². The van der Waals surface area contributed by atoms with E-state index in [1.165, 1.54) is 0 Å². The highest BCUT2D eigenvalue weighted by Crippen LogP contribution is 2.24. The number of aryl methyl sites for hydroxylation is 1. The zero-order valence-electron chi connectivity index (χ0n) is 8.85. The Balaban J connectivity index is 2.13. The molecule has 0 radical (unpaired) electrons. The summed E-state index contributed by atoms with van der Waals surface area (Å²) >= 11 is 7.66. The second kappa shape index (κ2) is 4.91. The van der Waals surface area contributed by atoms with E-state index in [1.54, 1.807) is 23.7 Å². The lowest BCUT2D eigenvalue weighted by Gasteiger charge is -2.09. The maximum absolute atomic E-state index is 6.10. The van der Waals surface area contributed by atoms with Crippen LogP contribution in [0.5, 0.6) is 0 Å². The van der Waals surface area contributed by atoms with Gasteiger partial charge in [-0.1, -0.05) is 11.6 Å². The summed E-state index contributed by atoms with van der Waals surface area (Å²) in [6.07, 6.45) is 5.91. The van der Waals surface area contributed by atoms with E-state index in [2.05, 4.69) is 9.97 Å². The van der Waals surface area contributed by atoms with E-state index >= 15 is 0 Å². The minimum absolute atomic E-state index is 0.0499. The molecule has 2 aromatic heterocycles. The van der Waals surface area contributed by atoms with Gasteiger partial charge in [-0.3, -0.25) is 4.98 Å². The third-order valence-electron chi connectivity index (χ3n) is 2.30. The van der Waals surface area contributed by atoms with E-state index in [0.29, 0.717) is 11.4 Å². The van der Waals surface area contributed by atoms with E-state index in [1.807, 2.05) is 19.2 Å². The monoisotopic (exact) mass is 253 g/mol. The van der Waals surface area contributed by atoms with Gasteiger partial charge in [0.05, 0.1) is 10.0 Å². The van der Waals surface area contributed by atoms with Crippen LogP contribution in [0.2, 0.25) is 5.02 Å². The van der Waals surface area contributed by atoms with Crippen molar-refractivity contribution in [1.29, 1.82) is 0 Å². The Morgan fingerprint density at radius 3 is 2.94 bits per heavy atom. The molecular weight excluding hydrogens is 242 g/mol. The number of halogens is 1. The molecule has 3 nitrogen and oxygen atoms in total. The molecule has 1 atom stereocenters. The Labute approximate surface area is 103 Å². The predicted octanol–water partition coefficient (Wildman–Crippen LogP) is 2.74. The highest BCUT2D eigenvalue weighted by atomic mass is 35.5. The number of thiazole rings is 1. The molecule has 16 heavy (non-hydrogen) atoms. The number of aromatic nitrogens is 2. The second-order valence-electron chi connectivity index (χ2n) is 3.56. The first-order chi connectivity index (χ1) is 7.66. The Bertz CT molecular complexity index is 484. The van der Waals surface area contributed by atoms with Crippen LogP contribution in [-0.2, 0) is 6.42 Å². The van der Waals surface area contributed by atoms with E-state index in [0.717, 1.165) is 15.4 Å². The number of hydrogen-bond acceptors (Lipinski definition) is 4.